The van der Waals surface area contributed by atoms with Gasteiger partial charge in [0.15, 0.2) is 0 Å². The molecule has 0 aromatic carbocycles. The molecule has 1 saturated carbocycles. The first-order chi connectivity index (χ1) is 9.70. The van der Waals surface area contributed by atoms with Gasteiger partial charge in [-0.25, -0.2) is 0 Å². The highest BCUT2D eigenvalue weighted by Gasteiger charge is 2.39. The molecule has 5 nitrogen and oxygen atoms in total. The third-order valence-electron chi connectivity index (χ3n) is 4.41. The van der Waals surface area contributed by atoms with Crippen molar-refractivity contribution in [2.75, 3.05) is 6.54 Å². The number of hydrogen-bond acceptors (Lipinski definition) is 4. The van der Waals surface area contributed by atoms with E-state index in [0.717, 1.165) is 18.5 Å². The molecule has 1 aliphatic carbocycles. The summed E-state index contributed by atoms with van der Waals surface area (Å²) in [7, 11) is 0. The maximum atomic E-state index is 12.8. The molecule has 2 fully saturated rings. The van der Waals surface area contributed by atoms with Crippen molar-refractivity contribution in [3.8, 4) is 0 Å². The molecule has 0 radical (unpaired) electrons. The number of aliphatic hydroxyl groups excluding tert-OH is 1. The fourth-order valence-corrected chi connectivity index (χ4v) is 2.88. The molecule has 120 valence electrons. The number of allylic oxidation sites excluding steroid dienone is 1. The lowest BCUT2D eigenvalue weighted by Crippen LogP contribution is -2.52. The van der Waals surface area contributed by atoms with E-state index in [-0.39, 0.29) is 23.4 Å². The molecule has 3 atom stereocenters. The van der Waals surface area contributed by atoms with E-state index >= 15 is 0 Å². The SMILES string of the molecule is C[C@@H]1C[C@@H](O)CN1C(=O)C(N/C=C(\N)C1CC1)C(C)(C)C. The molecule has 2 aliphatic rings. The van der Waals surface area contributed by atoms with Crippen molar-refractivity contribution in [3.05, 3.63) is 11.9 Å². The van der Waals surface area contributed by atoms with Gasteiger partial charge in [-0.3, -0.25) is 4.79 Å². The van der Waals surface area contributed by atoms with E-state index < -0.39 is 6.10 Å². The number of β-amino-alcohol motifs (C(OH)–C–C–N with tert-alkyl or cyclic N) is 1. The molecule has 0 aromatic heterocycles. The second-order valence-electron chi connectivity index (χ2n) is 7.61. The van der Waals surface area contributed by atoms with Crippen molar-refractivity contribution in [2.24, 2.45) is 17.1 Å². The smallest absolute Gasteiger partial charge is 0.245 e. The molecule has 5 heteroatoms. The summed E-state index contributed by atoms with van der Waals surface area (Å²) < 4.78 is 0. The monoisotopic (exact) mass is 295 g/mol. The summed E-state index contributed by atoms with van der Waals surface area (Å²) in [6, 6.07) is -0.244. The molecule has 1 aliphatic heterocycles. The number of nitrogens with zero attached hydrogens (tertiary/aromatic N) is 1. The van der Waals surface area contributed by atoms with Crippen LogP contribution in [0.25, 0.3) is 0 Å². The van der Waals surface area contributed by atoms with Crippen LogP contribution < -0.4 is 11.1 Å². The van der Waals surface area contributed by atoms with E-state index in [4.69, 9.17) is 5.73 Å². The zero-order chi connectivity index (χ0) is 15.8. The van der Waals surface area contributed by atoms with Crippen LogP contribution in [0.15, 0.2) is 11.9 Å². The summed E-state index contributed by atoms with van der Waals surface area (Å²) in [5, 5.41) is 13.0. The number of nitrogens with two attached hydrogens (primary N) is 1. The molecular formula is C16H29N3O2. The maximum absolute atomic E-state index is 12.8. The molecule has 4 N–H and O–H groups in total. The van der Waals surface area contributed by atoms with Gasteiger partial charge in [0, 0.05) is 24.5 Å². The summed E-state index contributed by atoms with van der Waals surface area (Å²) in [6.45, 7) is 8.54. The van der Waals surface area contributed by atoms with E-state index in [0.29, 0.717) is 18.9 Å². The summed E-state index contributed by atoms with van der Waals surface area (Å²) >= 11 is 0. The average Bonchev–Trinajstić information content (AvgIpc) is 3.13. The normalized spacial score (nSPS) is 28.6. The minimum atomic E-state index is -0.406. The molecule has 1 unspecified atom stereocenters. The predicted molar refractivity (Wildman–Crippen MR) is 83.2 cm³/mol. The van der Waals surface area contributed by atoms with E-state index in [9.17, 15) is 9.90 Å². The van der Waals surface area contributed by atoms with Gasteiger partial charge in [0.2, 0.25) is 5.91 Å². The topological polar surface area (TPSA) is 78.6 Å². The zero-order valence-electron chi connectivity index (χ0n) is 13.6. The Hall–Kier alpha value is -1.23. The summed E-state index contributed by atoms with van der Waals surface area (Å²) in [5.41, 5.74) is 6.63. The van der Waals surface area contributed by atoms with E-state index in [1.165, 1.54) is 0 Å². The van der Waals surface area contributed by atoms with Crippen molar-refractivity contribution in [1.29, 1.82) is 0 Å². The first-order valence-electron chi connectivity index (χ1n) is 7.90. The van der Waals surface area contributed by atoms with Crippen LogP contribution in [0.4, 0.5) is 0 Å². The van der Waals surface area contributed by atoms with Crippen LogP contribution in [-0.2, 0) is 4.79 Å². The highest BCUT2D eigenvalue weighted by atomic mass is 16.3. The summed E-state index contributed by atoms with van der Waals surface area (Å²) in [5.74, 6) is 0.534. The van der Waals surface area contributed by atoms with Crippen LogP contribution >= 0.6 is 0 Å². The molecule has 0 bridgehead atoms. The zero-order valence-corrected chi connectivity index (χ0v) is 13.6. The number of nitrogens with one attached hydrogen (secondary N) is 1. The Morgan fingerprint density at radius 2 is 2.05 bits per heavy atom. The van der Waals surface area contributed by atoms with Gasteiger partial charge in [0.05, 0.1) is 6.10 Å². The van der Waals surface area contributed by atoms with Crippen molar-refractivity contribution >= 4 is 5.91 Å². The quantitative estimate of drug-likeness (QED) is 0.728. The van der Waals surface area contributed by atoms with Gasteiger partial charge in [-0.1, -0.05) is 20.8 Å². The van der Waals surface area contributed by atoms with E-state index in [1.54, 1.807) is 4.90 Å². The minimum Gasteiger partial charge on any atom is -0.401 e. The maximum Gasteiger partial charge on any atom is 0.245 e. The minimum absolute atomic E-state index is 0.0476. The Labute approximate surface area is 127 Å². The lowest BCUT2D eigenvalue weighted by molar-refractivity contribution is -0.136. The molecule has 1 saturated heterocycles. The van der Waals surface area contributed by atoms with Crippen LogP contribution in [0.5, 0.6) is 0 Å². The van der Waals surface area contributed by atoms with Crippen LogP contribution in [0, 0.1) is 11.3 Å². The average molecular weight is 295 g/mol. The molecule has 0 aromatic rings. The van der Waals surface area contributed by atoms with Crippen LogP contribution in [-0.4, -0.2) is 40.6 Å². The number of carbonyl (C=O) groups excluding carboxylic acids is 1. The number of likely N-dealkylation sites (tertiary alicyclic amines) is 1. The van der Waals surface area contributed by atoms with Gasteiger partial charge in [-0.2, -0.15) is 0 Å². The third kappa shape index (κ3) is 3.90. The van der Waals surface area contributed by atoms with Crippen LogP contribution in [0.1, 0.15) is 47.0 Å². The Balaban J connectivity index is 2.08. The lowest BCUT2D eigenvalue weighted by atomic mass is 9.85. The largest absolute Gasteiger partial charge is 0.401 e. The predicted octanol–water partition coefficient (Wildman–Crippen LogP) is 1.18. The molecule has 0 spiro atoms. The number of amides is 1. The van der Waals surface area contributed by atoms with Gasteiger partial charge in [0.25, 0.3) is 0 Å². The second-order valence-corrected chi connectivity index (χ2v) is 7.61. The Morgan fingerprint density at radius 3 is 2.48 bits per heavy atom. The van der Waals surface area contributed by atoms with Crippen molar-refractivity contribution in [1.82, 2.24) is 10.2 Å². The highest BCUT2D eigenvalue weighted by molar-refractivity contribution is 5.83. The van der Waals surface area contributed by atoms with Crippen LogP contribution in [0.3, 0.4) is 0 Å². The van der Waals surface area contributed by atoms with Gasteiger partial charge in [-0.15, -0.1) is 0 Å². The number of carbonyl (C=O) groups is 1. The third-order valence-corrected chi connectivity index (χ3v) is 4.41. The number of aliphatic hydroxyl groups is 1. The molecular weight excluding hydrogens is 266 g/mol. The first kappa shape index (κ1) is 16.1. The van der Waals surface area contributed by atoms with Gasteiger partial charge >= 0.3 is 0 Å². The molecule has 1 heterocycles. The van der Waals surface area contributed by atoms with Gasteiger partial charge in [-0.05, 0) is 37.5 Å². The Bertz CT molecular complexity index is 424. The standard InChI is InChI=1S/C16H29N3O2/c1-10-7-12(20)9-19(10)15(21)14(16(2,3)4)18-8-13(17)11-5-6-11/h8,10-12,14,18,20H,5-7,9,17H2,1-4H3/b13-8-/t10-,12-,14?/m1/s1. The van der Waals surface area contributed by atoms with Gasteiger partial charge in [0.1, 0.15) is 6.04 Å². The Kier molecular flexibility index (Phi) is 4.51. The summed E-state index contributed by atoms with van der Waals surface area (Å²) in [6.07, 6.45) is 4.35. The van der Waals surface area contributed by atoms with Crippen LogP contribution in [0.2, 0.25) is 0 Å². The van der Waals surface area contributed by atoms with Crippen molar-refractivity contribution in [2.45, 2.75) is 65.1 Å². The van der Waals surface area contributed by atoms with E-state index in [1.807, 2.05) is 33.9 Å². The van der Waals surface area contributed by atoms with Gasteiger partial charge < -0.3 is 21.1 Å². The highest BCUT2D eigenvalue weighted by Crippen LogP contribution is 2.33. The molecule has 21 heavy (non-hydrogen) atoms. The fraction of sp³-hybridized carbons (Fsp3) is 0.812. The fourth-order valence-electron chi connectivity index (χ4n) is 2.88. The molecule has 1 amide bonds. The Morgan fingerprint density at radius 1 is 1.43 bits per heavy atom. The van der Waals surface area contributed by atoms with Crippen molar-refractivity contribution in [3.63, 3.8) is 0 Å². The summed E-state index contributed by atoms with van der Waals surface area (Å²) in [4.78, 5) is 14.6. The number of rotatable bonds is 4. The van der Waals surface area contributed by atoms with E-state index in [2.05, 4.69) is 5.32 Å². The lowest BCUT2D eigenvalue weighted by Gasteiger charge is -2.34. The number of hydrogen-bond donors (Lipinski definition) is 3. The first-order valence-corrected chi connectivity index (χ1v) is 7.90. The van der Waals surface area contributed by atoms with Crippen molar-refractivity contribution < 1.29 is 9.90 Å². The second kappa shape index (κ2) is 5.87. The molecule has 2 rings (SSSR count).